The van der Waals surface area contributed by atoms with Crippen LogP contribution in [0.5, 0.6) is 0 Å². The van der Waals surface area contributed by atoms with Crippen LogP contribution in [0.2, 0.25) is 0 Å². The van der Waals surface area contributed by atoms with Crippen molar-refractivity contribution in [2.75, 3.05) is 6.54 Å². The molecule has 7 heteroatoms. The molecule has 100 valence electrons. The fraction of sp³-hybridized carbons (Fsp3) is 0.545. The Morgan fingerprint density at radius 1 is 1.50 bits per heavy atom. The molecule has 0 radical (unpaired) electrons. The first-order chi connectivity index (χ1) is 8.49. The van der Waals surface area contributed by atoms with E-state index in [-0.39, 0.29) is 18.4 Å². The van der Waals surface area contributed by atoms with Crippen molar-refractivity contribution in [1.29, 1.82) is 0 Å². The van der Waals surface area contributed by atoms with Crippen molar-refractivity contribution in [3.63, 3.8) is 0 Å². The highest BCUT2D eigenvalue weighted by Crippen LogP contribution is 1.99. The Hall–Kier alpha value is -2.05. The van der Waals surface area contributed by atoms with Crippen LogP contribution in [0.25, 0.3) is 0 Å². The third kappa shape index (κ3) is 4.86. The lowest BCUT2D eigenvalue weighted by Gasteiger charge is -2.11. The first kappa shape index (κ1) is 14.0. The van der Waals surface area contributed by atoms with Gasteiger partial charge in [-0.25, -0.2) is 4.79 Å². The Morgan fingerprint density at radius 3 is 2.78 bits per heavy atom. The minimum atomic E-state index is -0.861. The summed E-state index contributed by atoms with van der Waals surface area (Å²) in [6, 6.07) is 1.50. The number of aryl methyl sites for hydroxylation is 1. The highest BCUT2D eigenvalue weighted by atomic mass is 16.4. The maximum Gasteiger partial charge on any atom is 0.315 e. The van der Waals surface area contributed by atoms with Crippen molar-refractivity contribution in [1.82, 2.24) is 20.4 Å². The minimum Gasteiger partial charge on any atom is -0.481 e. The van der Waals surface area contributed by atoms with Gasteiger partial charge in [0.1, 0.15) is 0 Å². The molecule has 7 nitrogen and oxygen atoms in total. The van der Waals surface area contributed by atoms with Crippen LogP contribution in [-0.2, 0) is 18.4 Å². The van der Waals surface area contributed by atoms with Crippen LogP contribution >= 0.6 is 0 Å². The molecule has 0 saturated heterocycles. The standard InChI is InChI=1S/C11H18N4O3/c1-8(5-10(16)17)6-12-11(18)13-7-9-3-4-14-15(9)2/h3-4,8H,5-7H2,1-2H3,(H,16,17)(H2,12,13,18). The Bertz CT molecular complexity index is 416. The molecule has 0 saturated carbocycles. The second-order valence-corrected chi connectivity index (χ2v) is 4.21. The first-order valence-electron chi connectivity index (χ1n) is 5.69. The highest BCUT2D eigenvalue weighted by molar-refractivity contribution is 5.73. The van der Waals surface area contributed by atoms with Crippen molar-refractivity contribution in [2.45, 2.75) is 19.9 Å². The molecular weight excluding hydrogens is 236 g/mol. The zero-order chi connectivity index (χ0) is 13.5. The van der Waals surface area contributed by atoms with Crippen molar-refractivity contribution in [2.24, 2.45) is 13.0 Å². The number of nitrogens with one attached hydrogen (secondary N) is 2. The van der Waals surface area contributed by atoms with Crippen LogP contribution in [0, 0.1) is 5.92 Å². The highest BCUT2D eigenvalue weighted by Gasteiger charge is 2.09. The average Bonchev–Trinajstić information content (AvgIpc) is 2.68. The van der Waals surface area contributed by atoms with E-state index in [0.29, 0.717) is 13.1 Å². The molecule has 1 rings (SSSR count). The summed E-state index contributed by atoms with van der Waals surface area (Å²) in [6.07, 6.45) is 1.70. The largest absolute Gasteiger partial charge is 0.481 e. The van der Waals surface area contributed by atoms with E-state index in [9.17, 15) is 9.59 Å². The number of nitrogens with zero attached hydrogens (tertiary/aromatic N) is 2. The van der Waals surface area contributed by atoms with Crippen LogP contribution < -0.4 is 10.6 Å². The lowest BCUT2D eigenvalue weighted by molar-refractivity contribution is -0.137. The van der Waals surface area contributed by atoms with Gasteiger partial charge >= 0.3 is 12.0 Å². The van der Waals surface area contributed by atoms with Crippen LogP contribution in [-0.4, -0.2) is 33.4 Å². The average molecular weight is 254 g/mol. The third-order valence-corrected chi connectivity index (χ3v) is 2.49. The van der Waals surface area contributed by atoms with Gasteiger partial charge in [-0.3, -0.25) is 9.48 Å². The first-order valence-corrected chi connectivity index (χ1v) is 5.69. The summed E-state index contributed by atoms with van der Waals surface area (Å²) in [6.45, 7) is 2.49. The van der Waals surface area contributed by atoms with Gasteiger partial charge in [0.15, 0.2) is 0 Å². The fourth-order valence-electron chi connectivity index (χ4n) is 1.45. The van der Waals surface area contributed by atoms with Crippen LogP contribution in [0.1, 0.15) is 19.0 Å². The molecule has 0 aliphatic heterocycles. The zero-order valence-corrected chi connectivity index (χ0v) is 10.5. The number of aromatic nitrogens is 2. The van der Waals surface area contributed by atoms with Gasteiger partial charge in [-0.2, -0.15) is 5.10 Å². The molecule has 18 heavy (non-hydrogen) atoms. The molecule has 1 aromatic heterocycles. The van der Waals surface area contributed by atoms with Gasteiger partial charge in [-0.05, 0) is 12.0 Å². The van der Waals surface area contributed by atoms with E-state index in [1.54, 1.807) is 24.9 Å². The quantitative estimate of drug-likeness (QED) is 0.681. The molecule has 0 aliphatic rings. The molecule has 2 amide bonds. The number of hydrogen-bond donors (Lipinski definition) is 3. The van der Waals surface area contributed by atoms with E-state index in [1.807, 2.05) is 6.07 Å². The molecule has 1 atom stereocenters. The summed E-state index contributed by atoms with van der Waals surface area (Å²) in [4.78, 5) is 21.9. The lowest BCUT2D eigenvalue weighted by atomic mass is 10.1. The number of carboxylic acids is 1. The van der Waals surface area contributed by atoms with E-state index in [1.165, 1.54) is 0 Å². The molecule has 1 heterocycles. The predicted molar refractivity (Wildman–Crippen MR) is 64.9 cm³/mol. The summed E-state index contributed by atoms with van der Waals surface area (Å²) in [5, 5.41) is 17.9. The van der Waals surface area contributed by atoms with E-state index in [0.717, 1.165) is 5.69 Å². The second kappa shape index (κ2) is 6.63. The van der Waals surface area contributed by atoms with Gasteiger partial charge < -0.3 is 15.7 Å². The van der Waals surface area contributed by atoms with E-state index in [4.69, 9.17) is 5.11 Å². The number of carbonyl (C=O) groups is 2. The van der Waals surface area contributed by atoms with Crippen LogP contribution in [0.15, 0.2) is 12.3 Å². The number of aliphatic carboxylic acids is 1. The monoisotopic (exact) mass is 254 g/mol. The number of carbonyl (C=O) groups excluding carboxylic acids is 1. The van der Waals surface area contributed by atoms with Crippen molar-refractivity contribution in [3.8, 4) is 0 Å². The summed E-state index contributed by atoms with van der Waals surface area (Å²) in [5.74, 6) is -0.954. The summed E-state index contributed by atoms with van der Waals surface area (Å²) < 4.78 is 1.67. The molecule has 1 aromatic rings. The number of rotatable bonds is 6. The topological polar surface area (TPSA) is 96.3 Å². The zero-order valence-electron chi connectivity index (χ0n) is 10.5. The summed E-state index contributed by atoms with van der Waals surface area (Å²) in [5.41, 5.74) is 0.892. The van der Waals surface area contributed by atoms with Crippen LogP contribution in [0.3, 0.4) is 0 Å². The lowest BCUT2D eigenvalue weighted by Crippen LogP contribution is -2.38. The normalized spacial score (nSPS) is 11.9. The molecular formula is C11H18N4O3. The van der Waals surface area contributed by atoms with E-state index >= 15 is 0 Å². The molecule has 0 bridgehead atoms. The van der Waals surface area contributed by atoms with E-state index in [2.05, 4.69) is 15.7 Å². The molecule has 0 aromatic carbocycles. The van der Waals surface area contributed by atoms with Crippen molar-refractivity contribution >= 4 is 12.0 Å². The molecule has 0 spiro atoms. The molecule has 1 unspecified atom stereocenters. The third-order valence-electron chi connectivity index (χ3n) is 2.49. The number of amides is 2. The number of carboxylic acid groups (broad SMARTS) is 1. The fourth-order valence-corrected chi connectivity index (χ4v) is 1.45. The van der Waals surface area contributed by atoms with Crippen LogP contribution in [0.4, 0.5) is 4.79 Å². The smallest absolute Gasteiger partial charge is 0.315 e. The second-order valence-electron chi connectivity index (χ2n) is 4.21. The molecule has 0 fully saturated rings. The number of urea groups is 1. The number of hydrogen-bond acceptors (Lipinski definition) is 3. The Labute approximate surface area is 105 Å². The predicted octanol–water partition coefficient (Wildman–Crippen LogP) is 0.330. The van der Waals surface area contributed by atoms with Gasteiger partial charge in [-0.1, -0.05) is 6.92 Å². The molecule has 0 aliphatic carbocycles. The maximum absolute atomic E-state index is 11.4. The maximum atomic E-state index is 11.4. The van der Waals surface area contributed by atoms with Gasteiger partial charge in [0.2, 0.25) is 0 Å². The Balaban J connectivity index is 2.22. The Morgan fingerprint density at radius 2 is 2.22 bits per heavy atom. The van der Waals surface area contributed by atoms with Crippen molar-refractivity contribution < 1.29 is 14.7 Å². The van der Waals surface area contributed by atoms with Gasteiger partial charge in [0, 0.05) is 26.2 Å². The molecule has 3 N–H and O–H groups in total. The Kier molecular flexibility index (Phi) is 5.16. The minimum absolute atomic E-state index is 0.0437. The van der Waals surface area contributed by atoms with Gasteiger partial charge in [0.25, 0.3) is 0 Å². The van der Waals surface area contributed by atoms with Gasteiger partial charge in [0.05, 0.1) is 12.2 Å². The SMILES string of the molecule is CC(CNC(=O)NCc1ccnn1C)CC(=O)O. The van der Waals surface area contributed by atoms with Crippen molar-refractivity contribution in [3.05, 3.63) is 18.0 Å². The van der Waals surface area contributed by atoms with Gasteiger partial charge in [-0.15, -0.1) is 0 Å². The summed E-state index contributed by atoms with van der Waals surface area (Å²) in [7, 11) is 1.80. The van der Waals surface area contributed by atoms with E-state index < -0.39 is 5.97 Å². The summed E-state index contributed by atoms with van der Waals surface area (Å²) >= 11 is 0.